The predicted octanol–water partition coefficient (Wildman–Crippen LogP) is 3.68. The van der Waals surface area contributed by atoms with Gasteiger partial charge in [0, 0.05) is 25.6 Å². The van der Waals surface area contributed by atoms with Crippen molar-refractivity contribution < 1.29 is 4.79 Å². The quantitative estimate of drug-likeness (QED) is 0.808. The van der Waals surface area contributed by atoms with Gasteiger partial charge in [0.2, 0.25) is 5.91 Å². The standard InChI is InChI=1S/C20H30N2O.ClH/c1-3-22(4-2)20(23)18-10-12-21(13-11-18)15-16-8-9-17-6-5-7-19(17)14-16;/h8-9,14,18H,3-7,10-13,15H2,1-2H3;1H. The van der Waals surface area contributed by atoms with E-state index in [2.05, 4.69) is 36.9 Å². The Bertz CT molecular complexity index is 549. The van der Waals surface area contributed by atoms with Gasteiger partial charge < -0.3 is 4.90 Å². The summed E-state index contributed by atoms with van der Waals surface area (Å²) in [5.41, 5.74) is 4.56. The van der Waals surface area contributed by atoms with Gasteiger partial charge in [0.25, 0.3) is 0 Å². The van der Waals surface area contributed by atoms with Crippen LogP contribution in [0.1, 0.15) is 49.8 Å². The van der Waals surface area contributed by atoms with Crippen LogP contribution in [0.2, 0.25) is 0 Å². The molecule has 0 saturated carbocycles. The number of carbonyl (C=O) groups excluding carboxylic acids is 1. The first-order valence-corrected chi connectivity index (χ1v) is 9.33. The fraction of sp³-hybridized carbons (Fsp3) is 0.650. The average molecular weight is 351 g/mol. The Morgan fingerprint density at radius 1 is 1.12 bits per heavy atom. The fourth-order valence-electron chi connectivity index (χ4n) is 4.11. The van der Waals surface area contributed by atoms with Crippen molar-refractivity contribution in [3.05, 3.63) is 34.9 Å². The highest BCUT2D eigenvalue weighted by Gasteiger charge is 2.27. The second kappa shape index (κ2) is 8.87. The van der Waals surface area contributed by atoms with E-state index in [0.29, 0.717) is 5.91 Å². The van der Waals surface area contributed by atoms with E-state index in [0.717, 1.165) is 45.6 Å². The Kier molecular flexibility index (Phi) is 7.12. The van der Waals surface area contributed by atoms with Gasteiger partial charge in [0.05, 0.1) is 0 Å². The summed E-state index contributed by atoms with van der Waals surface area (Å²) in [6.45, 7) is 8.97. The molecule has 0 radical (unpaired) electrons. The van der Waals surface area contributed by atoms with Gasteiger partial charge in [-0.2, -0.15) is 0 Å². The Morgan fingerprint density at radius 3 is 2.46 bits per heavy atom. The third-order valence-corrected chi connectivity index (χ3v) is 5.58. The molecule has 1 amide bonds. The normalized spacial score (nSPS) is 18.1. The number of piperidine rings is 1. The van der Waals surface area contributed by atoms with Crippen LogP contribution in [0.3, 0.4) is 0 Å². The van der Waals surface area contributed by atoms with E-state index in [9.17, 15) is 4.79 Å². The van der Waals surface area contributed by atoms with Crippen LogP contribution >= 0.6 is 12.4 Å². The molecule has 24 heavy (non-hydrogen) atoms. The summed E-state index contributed by atoms with van der Waals surface area (Å²) in [4.78, 5) is 17.0. The number of hydrogen-bond acceptors (Lipinski definition) is 2. The molecule has 1 fully saturated rings. The number of nitrogens with zero attached hydrogens (tertiary/aromatic N) is 2. The van der Waals surface area contributed by atoms with Gasteiger partial charge in [-0.15, -0.1) is 12.4 Å². The van der Waals surface area contributed by atoms with E-state index in [4.69, 9.17) is 0 Å². The molecule has 0 unspecified atom stereocenters. The van der Waals surface area contributed by atoms with E-state index in [1.165, 1.54) is 24.8 Å². The highest BCUT2D eigenvalue weighted by atomic mass is 35.5. The highest BCUT2D eigenvalue weighted by Crippen LogP contribution is 2.25. The van der Waals surface area contributed by atoms with Crippen LogP contribution in [0, 0.1) is 5.92 Å². The molecule has 4 heteroatoms. The number of benzene rings is 1. The Labute approximate surface area is 152 Å². The van der Waals surface area contributed by atoms with Crippen molar-refractivity contribution in [2.24, 2.45) is 5.92 Å². The molecule has 3 rings (SSSR count). The minimum Gasteiger partial charge on any atom is -0.343 e. The number of amides is 1. The summed E-state index contributed by atoms with van der Waals surface area (Å²) in [5, 5.41) is 0. The minimum atomic E-state index is 0. The Balaban J connectivity index is 0.00000208. The Morgan fingerprint density at radius 2 is 1.79 bits per heavy atom. The van der Waals surface area contributed by atoms with Gasteiger partial charge in [0.15, 0.2) is 0 Å². The lowest BCUT2D eigenvalue weighted by Gasteiger charge is -2.33. The maximum absolute atomic E-state index is 12.5. The van der Waals surface area contributed by atoms with Gasteiger partial charge in [-0.3, -0.25) is 9.69 Å². The number of likely N-dealkylation sites (tertiary alicyclic amines) is 1. The molecule has 0 bridgehead atoms. The number of aryl methyl sites for hydroxylation is 2. The maximum Gasteiger partial charge on any atom is 0.225 e. The van der Waals surface area contributed by atoms with E-state index < -0.39 is 0 Å². The van der Waals surface area contributed by atoms with E-state index in [1.54, 1.807) is 11.1 Å². The van der Waals surface area contributed by atoms with Crippen molar-refractivity contribution in [2.75, 3.05) is 26.2 Å². The summed E-state index contributed by atoms with van der Waals surface area (Å²) in [6, 6.07) is 7.04. The van der Waals surface area contributed by atoms with E-state index >= 15 is 0 Å². The molecule has 3 nitrogen and oxygen atoms in total. The van der Waals surface area contributed by atoms with Crippen LogP contribution < -0.4 is 0 Å². The molecule has 1 aromatic rings. The molecular formula is C20H31ClN2O. The molecule has 0 atom stereocenters. The maximum atomic E-state index is 12.5. The van der Waals surface area contributed by atoms with E-state index in [1.807, 2.05) is 4.90 Å². The van der Waals surface area contributed by atoms with Gasteiger partial charge in [-0.05, 0) is 75.7 Å². The number of hydrogen-bond donors (Lipinski definition) is 0. The van der Waals surface area contributed by atoms with Crippen LogP contribution in [-0.2, 0) is 24.2 Å². The molecule has 1 saturated heterocycles. The van der Waals surface area contributed by atoms with Crippen LogP contribution in [0.5, 0.6) is 0 Å². The van der Waals surface area contributed by atoms with Gasteiger partial charge >= 0.3 is 0 Å². The lowest BCUT2D eigenvalue weighted by atomic mass is 9.94. The van der Waals surface area contributed by atoms with Gasteiger partial charge in [-0.1, -0.05) is 18.2 Å². The van der Waals surface area contributed by atoms with Crippen molar-refractivity contribution in [3.63, 3.8) is 0 Å². The number of fused-ring (bicyclic) bond motifs is 1. The van der Waals surface area contributed by atoms with E-state index in [-0.39, 0.29) is 18.3 Å². The zero-order valence-electron chi connectivity index (χ0n) is 15.1. The third kappa shape index (κ3) is 4.31. The molecule has 0 spiro atoms. The molecule has 0 N–H and O–H groups in total. The molecule has 1 aromatic carbocycles. The van der Waals surface area contributed by atoms with Crippen molar-refractivity contribution in [1.82, 2.24) is 9.80 Å². The molecule has 2 aliphatic rings. The highest BCUT2D eigenvalue weighted by molar-refractivity contribution is 5.85. The van der Waals surface area contributed by atoms with Crippen LogP contribution in [0.15, 0.2) is 18.2 Å². The number of rotatable bonds is 5. The van der Waals surface area contributed by atoms with Crippen molar-refractivity contribution in [1.29, 1.82) is 0 Å². The molecule has 1 heterocycles. The lowest BCUT2D eigenvalue weighted by molar-refractivity contribution is -0.136. The fourth-order valence-corrected chi connectivity index (χ4v) is 4.11. The smallest absolute Gasteiger partial charge is 0.225 e. The van der Waals surface area contributed by atoms with Crippen LogP contribution in [0.25, 0.3) is 0 Å². The number of carbonyl (C=O) groups is 1. The van der Waals surface area contributed by atoms with Crippen molar-refractivity contribution in [3.8, 4) is 0 Å². The van der Waals surface area contributed by atoms with Gasteiger partial charge in [0.1, 0.15) is 0 Å². The molecule has 0 aromatic heterocycles. The summed E-state index contributed by atoms with van der Waals surface area (Å²) < 4.78 is 0. The average Bonchev–Trinajstić information content (AvgIpc) is 3.04. The molecule has 1 aliphatic heterocycles. The SMILES string of the molecule is CCN(CC)C(=O)C1CCN(Cc2ccc3c(c2)CCC3)CC1.Cl. The third-order valence-electron chi connectivity index (χ3n) is 5.58. The molecular weight excluding hydrogens is 320 g/mol. The lowest BCUT2D eigenvalue weighted by Crippen LogP contribution is -2.42. The topological polar surface area (TPSA) is 23.6 Å². The summed E-state index contributed by atoms with van der Waals surface area (Å²) in [7, 11) is 0. The van der Waals surface area contributed by atoms with Gasteiger partial charge in [-0.25, -0.2) is 0 Å². The number of halogens is 1. The monoisotopic (exact) mass is 350 g/mol. The largest absolute Gasteiger partial charge is 0.343 e. The molecule has 1 aliphatic carbocycles. The zero-order chi connectivity index (χ0) is 16.2. The summed E-state index contributed by atoms with van der Waals surface area (Å²) in [5.74, 6) is 0.610. The zero-order valence-corrected chi connectivity index (χ0v) is 15.9. The van der Waals surface area contributed by atoms with Crippen molar-refractivity contribution >= 4 is 18.3 Å². The summed E-state index contributed by atoms with van der Waals surface area (Å²) >= 11 is 0. The first-order valence-electron chi connectivity index (χ1n) is 9.33. The first-order chi connectivity index (χ1) is 11.2. The second-order valence-electron chi connectivity index (χ2n) is 7.02. The second-order valence-corrected chi connectivity index (χ2v) is 7.02. The first kappa shape index (κ1) is 19.3. The summed E-state index contributed by atoms with van der Waals surface area (Å²) in [6.07, 6.45) is 5.86. The predicted molar refractivity (Wildman–Crippen MR) is 102 cm³/mol. The van der Waals surface area contributed by atoms with Crippen LogP contribution in [-0.4, -0.2) is 41.9 Å². The van der Waals surface area contributed by atoms with Crippen LogP contribution in [0.4, 0.5) is 0 Å². The minimum absolute atomic E-state index is 0. The Hall–Kier alpha value is -1.06. The van der Waals surface area contributed by atoms with Crippen molar-refractivity contribution in [2.45, 2.75) is 52.5 Å². The molecule has 134 valence electrons.